The molecule has 0 spiro atoms. The van der Waals surface area contributed by atoms with E-state index in [2.05, 4.69) is 5.32 Å². The maximum absolute atomic E-state index is 13.3. The van der Waals surface area contributed by atoms with E-state index >= 15 is 0 Å². The Kier molecular flexibility index (Phi) is 7.31. The van der Waals surface area contributed by atoms with Crippen LogP contribution in [-0.4, -0.2) is 30.3 Å². The molecule has 0 heterocycles. The van der Waals surface area contributed by atoms with Crippen molar-refractivity contribution in [3.8, 4) is 0 Å². The number of amides is 1. The zero-order valence-corrected chi connectivity index (χ0v) is 16.9. The van der Waals surface area contributed by atoms with Crippen LogP contribution in [0, 0.1) is 11.6 Å². The average Bonchev–Trinajstić information content (AvgIpc) is 2.62. The molecule has 0 saturated carbocycles. The molecule has 0 saturated heterocycles. The van der Waals surface area contributed by atoms with Crippen molar-refractivity contribution in [3.63, 3.8) is 0 Å². The predicted octanol–water partition coefficient (Wildman–Crippen LogP) is 4.55. The van der Waals surface area contributed by atoms with E-state index < -0.39 is 41.3 Å². The third-order valence-corrected chi connectivity index (χ3v) is 4.02. The highest BCUT2D eigenvalue weighted by atomic mass is 19.1. The largest absolute Gasteiger partial charge is 0.460 e. The molecule has 0 aromatic heterocycles. The van der Waals surface area contributed by atoms with Crippen LogP contribution in [-0.2, 0) is 14.3 Å². The van der Waals surface area contributed by atoms with E-state index in [-0.39, 0.29) is 6.54 Å². The third kappa shape index (κ3) is 7.18. The van der Waals surface area contributed by atoms with E-state index in [0.29, 0.717) is 11.1 Å². The minimum absolute atomic E-state index is 0.362. The predicted molar refractivity (Wildman–Crippen MR) is 104 cm³/mol. The second-order valence-corrected chi connectivity index (χ2v) is 7.63. The van der Waals surface area contributed by atoms with Crippen molar-refractivity contribution in [1.82, 2.24) is 5.32 Å². The van der Waals surface area contributed by atoms with Gasteiger partial charge >= 0.3 is 12.1 Å². The number of alkyl carbamates (subject to hydrolysis) is 1. The maximum Gasteiger partial charge on any atom is 0.408 e. The molecule has 1 N–H and O–H groups in total. The number of hydrogen-bond acceptors (Lipinski definition) is 4. The van der Waals surface area contributed by atoms with Gasteiger partial charge in [0.05, 0.1) is 0 Å². The Labute approximate surface area is 169 Å². The summed E-state index contributed by atoms with van der Waals surface area (Å²) in [6, 6.07) is 11.6. The summed E-state index contributed by atoms with van der Waals surface area (Å²) >= 11 is 0. The number of rotatable bonds is 6. The van der Waals surface area contributed by atoms with Crippen LogP contribution in [0.5, 0.6) is 0 Å². The molecule has 0 aliphatic carbocycles. The summed E-state index contributed by atoms with van der Waals surface area (Å²) in [4.78, 5) is 23.9. The standard InChI is InChI=1S/C22H25F2NO4/c1-14(28-19(26)13-25-21(27)29-22(2,3)4)20(15-5-9-17(23)10-6-15)16-7-11-18(24)12-8-16/h5-12,14,20H,13H2,1-4H3,(H,25,27)/t14-/m0/s1. The molecule has 2 rings (SSSR count). The molecule has 1 atom stereocenters. The molecular weight excluding hydrogens is 380 g/mol. The van der Waals surface area contributed by atoms with E-state index in [9.17, 15) is 18.4 Å². The Bertz CT molecular complexity index is 784. The highest BCUT2D eigenvalue weighted by Crippen LogP contribution is 2.30. The number of halogens is 2. The summed E-state index contributed by atoms with van der Waals surface area (Å²) < 4.78 is 37.2. The van der Waals surface area contributed by atoms with Crippen LogP contribution in [0.1, 0.15) is 44.7 Å². The fraction of sp³-hybridized carbons (Fsp3) is 0.364. The zero-order valence-electron chi connectivity index (χ0n) is 16.9. The molecule has 0 aliphatic rings. The van der Waals surface area contributed by atoms with Crippen LogP contribution in [0.15, 0.2) is 48.5 Å². The number of ether oxygens (including phenoxy) is 2. The number of nitrogens with one attached hydrogen (secondary N) is 1. The van der Waals surface area contributed by atoms with Crippen molar-refractivity contribution in [2.45, 2.75) is 45.3 Å². The van der Waals surface area contributed by atoms with E-state index in [4.69, 9.17) is 9.47 Å². The van der Waals surface area contributed by atoms with Gasteiger partial charge in [0.15, 0.2) is 0 Å². The Balaban J connectivity index is 2.10. The van der Waals surface area contributed by atoms with Crippen molar-refractivity contribution in [2.24, 2.45) is 0 Å². The van der Waals surface area contributed by atoms with Gasteiger partial charge in [-0.05, 0) is 63.1 Å². The molecule has 0 bridgehead atoms. The van der Waals surface area contributed by atoms with Crippen molar-refractivity contribution in [1.29, 1.82) is 0 Å². The number of hydrogen-bond donors (Lipinski definition) is 1. The van der Waals surface area contributed by atoms with Crippen LogP contribution in [0.4, 0.5) is 13.6 Å². The minimum atomic E-state index is -0.726. The molecule has 29 heavy (non-hydrogen) atoms. The van der Waals surface area contributed by atoms with Gasteiger partial charge in [0, 0.05) is 5.92 Å². The van der Waals surface area contributed by atoms with Gasteiger partial charge in [0.1, 0.15) is 29.9 Å². The van der Waals surface area contributed by atoms with E-state index in [1.807, 2.05) is 0 Å². The van der Waals surface area contributed by atoms with Gasteiger partial charge in [-0.25, -0.2) is 13.6 Å². The van der Waals surface area contributed by atoms with Gasteiger partial charge in [0.2, 0.25) is 0 Å². The lowest BCUT2D eigenvalue weighted by Gasteiger charge is -2.25. The van der Waals surface area contributed by atoms with Gasteiger partial charge in [-0.1, -0.05) is 24.3 Å². The Morgan fingerprint density at radius 3 is 1.79 bits per heavy atom. The SMILES string of the molecule is C[C@H](OC(=O)CNC(=O)OC(C)(C)C)C(c1ccc(F)cc1)c1ccc(F)cc1. The molecular formula is C22H25F2NO4. The van der Waals surface area contributed by atoms with Crippen molar-refractivity contribution < 1.29 is 27.8 Å². The van der Waals surface area contributed by atoms with E-state index in [0.717, 1.165) is 0 Å². The third-order valence-electron chi connectivity index (χ3n) is 4.02. The quantitative estimate of drug-likeness (QED) is 0.716. The van der Waals surface area contributed by atoms with Crippen LogP contribution in [0.3, 0.4) is 0 Å². The maximum atomic E-state index is 13.3. The molecule has 0 fully saturated rings. The Hall–Kier alpha value is -2.96. The molecule has 5 nitrogen and oxygen atoms in total. The lowest BCUT2D eigenvalue weighted by molar-refractivity contribution is -0.147. The van der Waals surface area contributed by atoms with Crippen LogP contribution < -0.4 is 5.32 Å². The van der Waals surface area contributed by atoms with Crippen LogP contribution in [0.2, 0.25) is 0 Å². The van der Waals surface area contributed by atoms with E-state index in [1.165, 1.54) is 24.3 Å². The first-order valence-corrected chi connectivity index (χ1v) is 9.22. The number of carbonyl (C=O) groups excluding carboxylic acids is 2. The van der Waals surface area contributed by atoms with Gasteiger partial charge in [-0.2, -0.15) is 0 Å². The second-order valence-electron chi connectivity index (χ2n) is 7.63. The number of esters is 1. The molecule has 156 valence electrons. The summed E-state index contributed by atoms with van der Waals surface area (Å²) in [5.41, 5.74) is 0.731. The fourth-order valence-corrected chi connectivity index (χ4v) is 2.85. The zero-order chi connectivity index (χ0) is 21.6. The summed E-state index contributed by atoms with van der Waals surface area (Å²) in [5.74, 6) is -1.88. The first-order chi connectivity index (χ1) is 13.5. The minimum Gasteiger partial charge on any atom is -0.460 e. The van der Waals surface area contributed by atoms with Gasteiger partial charge in [-0.15, -0.1) is 0 Å². The van der Waals surface area contributed by atoms with Gasteiger partial charge in [0.25, 0.3) is 0 Å². The monoisotopic (exact) mass is 405 g/mol. The first kappa shape index (κ1) is 22.3. The highest BCUT2D eigenvalue weighted by molar-refractivity contribution is 5.78. The normalized spacial score (nSPS) is 12.4. The first-order valence-electron chi connectivity index (χ1n) is 9.22. The smallest absolute Gasteiger partial charge is 0.408 e. The molecule has 1 amide bonds. The molecule has 2 aromatic rings. The van der Waals surface area contributed by atoms with Crippen molar-refractivity contribution in [2.75, 3.05) is 6.54 Å². The highest BCUT2D eigenvalue weighted by Gasteiger charge is 2.25. The van der Waals surface area contributed by atoms with Crippen LogP contribution >= 0.6 is 0 Å². The molecule has 0 radical (unpaired) electrons. The molecule has 7 heteroatoms. The van der Waals surface area contributed by atoms with E-state index in [1.54, 1.807) is 52.0 Å². The number of carbonyl (C=O) groups is 2. The summed E-state index contributed by atoms with van der Waals surface area (Å²) in [7, 11) is 0. The van der Waals surface area contributed by atoms with Crippen molar-refractivity contribution >= 4 is 12.1 Å². The van der Waals surface area contributed by atoms with Gasteiger partial charge < -0.3 is 14.8 Å². The van der Waals surface area contributed by atoms with Crippen LogP contribution in [0.25, 0.3) is 0 Å². The Morgan fingerprint density at radius 2 is 1.38 bits per heavy atom. The summed E-state index contributed by atoms with van der Waals surface area (Å²) in [6.07, 6.45) is -1.38. The molecule has 0 unspecified atom stereocenters. The average molecular weight is 405 g/mol. The fourth-order valence-electron chi connectivity index (χ4n) is 2.85. The Morgan fingerprint density at radius 1 is 0.931 bits per heavy atom. The van der Waals surface area contributed by atoms with Gasteiger partial charge in [-0.3, -0.25) is 4.79 Å². The lowest BCUT2D eigenvalue weighted by atomic mass is 9.87. The lowest BCUT2D eigenvalue weighted by Crippen LogP contribution is -2.37. The molecule has 2 aromatic carbocycles. The molecule has 0 aliphatic heterocycles. The summed E-state index contributed by atoms with van der Waals surface area (Å²) in [6.45, 7) is 6.45. The second kappa shape index (κ2) is 9.49. The summed E-state index contributed by atoms with van der Waals surface area (Å²) in [5, 5.41) is 2.34. The van der Waals surface area contributed by atoms with Crippen molar-refractivity contribution in [3.05, 3.63) is 71.3 Å². The number of benzene rings is 2. The topological polar surface area (TPSA) is 64.6 Å².